The van der Waals surface area contributed by atoms with Crippen molar-refractivity contribution in [3.05, 3.63) is 24.3 Å². The normalized spacial score (nSPS) is 11.7. The first-order valence-electron chi connectivity index (χ1n) is 6.30. The Hall–Kier alpha value is -2.04. The first-order chi connectivity index (χ1) is 8.89. The van der Waals surface area contributed by atoms with Crippen molar-refractivity contribution in [3.8, 4) is 0 Å². The van der Waals surface area contributed by atoms with E-state index in [9.17, 15) is 4.79 Å². The van der Waals surface area contributed by atoms with Gasteiger partial charge in [-0.25, -0.2) is 4.98 Å². The van der Waals surface area contributed by atoms with Crippen molar-refractivity contribution in [1.29, 1.82) is 0 Å². The van der Waals surface area contributed by atoms with Crippen LogP contribution in [0.2, 0.25) is 0 Å². The lowest BCUT2D eigenvalue weighted by Gasteiger charge is -2.26. The van der Waals surface area contributed by atoms with Gasteiger partial charge < -0.3 is 15.0 Å². The minimum Gasteiger partial charge on any atom is -0.481 e. The van der Waals surface area contributed by atoms with E-state index >= 15 is 0 Å². The van der Waals surface area contributed by atoms with E-state index in [2.05, 4.69) is 10.3 Å². The molecule has 5 heteroatoms. The molecule has 0 amide bonds. The molecule has 5 nitrogen and oxygen atoms in total. The predicted molar refractivity (Wildman–Crippen MR) is 75.3 cm³/mol. The quantitative estimate of drug-likeness (QED) is 0.868. The van der Waals surface area contributed by atoms with Gasteiger partial charge in [-0.15, -0.1) is 0 Å². The van der Waals surface area contributed by atoms with Crippen LogP contribution in [-0.4, -0.2) is 26.2 Å². The maximum Gasteiger partial charge on any atom is 0.303 e. The Morgan fingerprint density at radius 3 is 2.74 bits per heavy atom. The van der Waals surface area contributed by atoms with Gasteiger partial charge in [-0.3, -0.25) is 4.79 Å². The van der Waals surface area contributed by atoms with Gasteiger partial charge in [0.2, 0.25) is 5.95 Å². The maximum absolute atomic E-state index is 10.7. The number of nitrogens with one attached hydrogen (secondary N) is 1. The van der Waals surface area contributed by atoms with E-state index in [1.807, 2.05) is 49.7 Å². The number of carbonyl (C=O) groups is 1. The molecule has 0 saturated carbocycles. The number of aromatic nitrogens is 2. The third-order valence-electron chi connectivity index (χ3n) is 3.20. The van der Waals surface area contributed by atoms with Crippen LogP contribution in [0.25, 0.3) is 11.0 Å². The SMILES string of the molecule is Cn1c(NC(C)(C)CCC(=O)O)nc2ccccc21. The molecule has 2 aromatic rings. The summed E-state index contributed by atoms with van der Waals surface area (Å²) in [5.41, 5.74) is 1.67. The summed E-state index contributed by atoms with van der Waals surface area (Å²) in [5.74, 6) is -0.0172. The molecule has 0 radical (unpaired) electrons. The summed E-state index contributed by atoms with van der Waals surface area (Å²) >= 11 is 0. The third-order valence-corrected chi connectivity index (χ3v) is 3.20. The number of benzene rings is 1. The molecule has 1 heterocycles. The number of aryl methyl sites for hydroxylation is 1. The van der Waals surface area contributed by atoms with E-state index in [0.29, 0.717) is 6.42 Å². The number of carboxylic acids is 1. The van der Waals surface area contributed by atoms with Crippen LogP contribution in [-0.2, 0) is 11.8 Å². The third kappa shape index (κ3) is 3.05. The van der Waals surface area contributed by atoms with Gasteiger partial charge in [-0.05, 0) is 32.4 Å². The van der Waals surface area contributed by atoms with Gasteiger partial charge in [0.15, 0.2) is 0 Å². The van der Waals surface area contributed by atoms with E-state index < -0.39 is 5.97 Å². The molecule has 0 spiro atoms. The van der Waals surface area contributed by atoms with Crippen molar-refractivity contribution >= 4 is 23.0 Å². The van der Waals surface area contributed by atoms with Gasteiger partial charge in [0.1, 0.15) is 0 Å². The average molecular weight is 261 g/mol. The predicted octanol–water partition coefficient (Wildman–Crippen LogP) is 2.63. The van der Waals surface area contributed by atoms with Gasteiger partial charge in [0.25, 0.3) is 0 Å². The lowest BCUT2D eigenvalue weighted by atomic mass is 9.99. The van der Waals surface area contributed by atoms with E-state index in [1.54, 1.807) is 0 Å². The van der Waals surface area contributed by atoms with Crippen LogP contribution >= 0.6 is 0 Å². The number of imidazole rings is 1. The largest absolute Gasteiger partial charge is 0.481 e. The molecule has 2 N–H and O–H groups in total. The van der Waals surface area contributed by atoms with Gasteiger partial charge in [-0.1, -0.05) is 12.1 Å². The summed E-state index contributed by atoms with van der Waals surface area (Å²) in [7, 11) is 1.95. The van der Waals surface area contributed by atoms with E-state index in [0.717, 1.165) is 17.0 Å². The molecule has 0 atom stereocenters. The van der Waals surface area contributed by atoms with Gasteiger partial charge in [0, 0.05) is 19.0 Å². The summed E-state index contributed by atoms with van der Waals surface area (Å²) in [4.78, 5) is 15.2. The summed E-state index contributed by atoms with van der Waals surface area (Å²) < 4.78 is 1.98. The summed E-state index contributed by atoms with van der Waals surface area (Å²) in [6, 6.07) is 7.90. The average Bonchev–Trinajstić information content (AvgIpc) is 2.64. The van der Waals surface area contributed by atoms with Crippen LogP contribution in [0.5, 0.6) is 0 Å². The van der Waals surface area contributed by atoms with Gasteiger partial charge >= 0.3 is 5.97 Å². The van der Waals surface area contributed by atoms with Crippen molar-refractivity contribution in [2.75, 3.05) is 5.32 Å². The number of anilines is 1. The lowest BCUT2D eigenvalue weighted by molar-refractivity contribution is -0.137. The summed E-state index contributed by atoms with van der Waals surface area (Å²) in [6.07, 6.45) is 0.690. The molecule has 0 unspecified atom stereocenters. The van der Waals surface area contributed by atoms with Crippen molar-refractivity contribution in [2.45, 2.75) is 32.2 Å². The number of rotatable bonds is 5. The first kappa shape index (κ1) is 13.4. The fraction of sp³-hybridized carbons (Fsp3) is 0.429. The number of carboxylic acid groups (broad SMARTS) is 1. The Labute approximate surface area is 112 Å². The van der Waals surface area contributed by atoms with Crippen LogP contribution in [0.15, 0.2) is 24.3 Å². The minimum atomic E-state index is -0.778. The smallest absolute Gasteiger partial charge is 0.303 e. The highest BCUT2D eigenvalue weighted by molar-refractivity contribution is 5.78. The monoisotopic (exact) mass is 261 g/mol. The van der Waals surface area contributed by atoms with Crippen molar-refractivity contribution in [1.82, 2.24) is 9.55 Å². The van der Waals surface area contributed by atoms with E-state index in [4.69, 9.17) is 5.11 Å². The zero-order valence-electron chi connectivity index (χ0n) is 11.5. The Morgan fingerprint density at radius 2 is 2.11 bits per heavy atom. The van der Waals surface area contributed by atoms with Gasteiger partial charge in [-0.2, -0.15) is 0 Å². The van der Waals surface area contributed by atoms with Crippen LogP contribution < -0.4 is 5.32 Å². The van der Waals surface area contributed by atoms with Crippen LogP contribution in [0.3, 0.4) is 0 Å². The van der Waals surface area contributed by atoms with E-state index in [-0.39, 0.29) is 12.0 Å². The highest BCUT2D eigenvalue weighted by Crippen LogP contribution is 2.22. The van der Waals surface area contributed by atoms with Crippen LogP contribution in [0, 0.1) is 0 Å². The van der Waals surface area contributed by atoms with E-state index in [1.165, 1.54) is 0 Å². The molecule has 0 bridgehead atoms. The molecule has 0 fully saturated rings. The molecule has 0 aliphatic heterocycles. The Morgan fingerprint density at radius 1 is 1.42 bits per heavy atom. The summed E-state index contributed by atoms with van der Waals surface area (Å²) in [6.45, 7) is 3.96. The molecule has 0 saturated heterocycles. The molecular formula is C14H19N3O2. The second-order valence-electron chi connectivity index (χ2n) is 5.39. The first-order valence-corrected chi connectivity index (χ1v) is 6.30. The Bertz CT molecular complexity index is 602. The number of nitrogens with zero attached hydrogens (tertiary/aromatic N) is 2. The standard InChI is InChI=1S/C14H19N3O2/c1-14(2,9-8-12(18)19)16-13-15-10-6-4-5-7-11(10)17(13)3/h4-7H,8-9H2,1-3H3,(H,15,16)(H,18,19). The minimum absolute atomic E-state index is 0.143. The molecule has 1 aromatic carbocycles. The Balaban J connectivity index is 2.20. The molecule has 102 valence electrons. The number of para-hydroxylation sites is 2. The maximum atomic E-state index is 10.7. The van der Waals surface area contributed by atoms with Crippen molar-refractivity contribution in [3.63, 3.8) is 0 Å². The number of hydrogen-bond donors (Lipinski definition) is 2. The number of hydrogen-bond acceptors (Lipinski definition) is 3. The molecule has 19 heavy (non-hydrogen) atoms. The molecular weight excluding hydrogens is 242 g/mol. The topological polar surface area (TPSA) is 67.2 Å². The number of fused-ring (bicyclic) bond motifs is 1. The summed E-state index contributed by atoms with van der Waals surface area (Å²) in [5, 5.41) is 12.1. The Kier molecular flexibility index (Phi) is 3.46. The van der Waals surface area contributed by atoms with Gasteiger partial charge in [0.05, 0.1) is 11.0 Å². The second-order valence-corrected chi connectivity index (χ2v) is 5.39. The highest BCUT2D eigenvalue weighted by atomic mass is 16.4. The fourth-order valence-corrected chi connectivity index (χ4v) is 2.04. The van der Waals surface area contributed by atoms with Crippen LogP contribution in [0.1, 0.15) is 26.7 Å². The zero-order chi connectivity index (χ0) is 14.0. The zero-order valence-corrected chi connectivity index (χ0v) is 11.5. The number of aliphatic carboxylic acids is 1. The molecule has 0 aliphatic carbocycles. The molecule has 2 rings (SSSR count). The highest BCUT2D eigenvalue weighted by Gasteiger charge is 2.21. The van der Waals surface area contributed by atoms with Crippen molar-refractivity contribution in [2.24, 2.45) is 7.05 Å². The molecule has 1 aromatic heterocycles. The van der Waals surface area contributed by atoms with Crippen LogP contribution in [0.4, 0.5) is 5.95 Å². The fourth-order valence-electron chi connectivity index (χ4n) is 2.04. The van der Waals surface area contributed by atoms with Crippen molar-refractivity contribution < 1.29 is 9.90 Å². The molecule has 0 aliphatic rings. The second kappa shape index (κ2) is 4.91. The lowest BCUT2D eigenvalue weighted by Crippen LogP contribution is -2.32.